The van der Waals surface area contributed by atoms with Gasteiger partial charge in [0.25, 0.3) is 0 Å². The van der Waals surface area contributed by atoms with Gasteiger partial charge in [-0.05, 0) is 76.9 Å². The summed E-state index contributed by atoms with van der Waals surface area (Å²) in [4.78, 5) is 15.5. The molecule has 0 aliphatic carbocycles. The molecule has 28 heavy (non-hydrogen) atoms. The topological polar surface area (TPSA) is 43.8 Å². The van der Waals surface area contributed by atoms with Crippen molar-refractivity contribution in [2.75, 3.05) is 47.4 Å². The Morgan fingerprint density at radius 3 is 1.50 bits per heavy atom. The van der Waals surface area contributed by atoms with E-state index in [1.54, 1.807) is 0 Å². The van der Waals surface area contributed by atoms with Crippen LogP contribution in [0.15, 0.2) is 48.5 Å². The molecule has 0 atom stereocenters. The Balaban J connectivity index is 2.15. The summed E-state index contributed by atoms with van der Waals surface area (Å²) in [6.07, 6.45) is 2.94. The fourth-order valence-electron chi connectivity index (χ4n) is 3.01. The van der Waals surface area contributed by atoms with E-state index in [4.69, 9.17) is 0 Å². The van der Waals surface area contributed by atoms with Gasteiger partial charge in [0.2, 0.25) is 0 Å². The van der Waals surface area contributed by atoms with Crippen molar-refractivity contribution in [2.24, 2.45) is 0 Å². The van der Waals surface area contributed by atoms with Crippen molar-refractivity contribution in [2.45, 2.75) is 19.3 Å². The van der Waals surface area contributed by atoms with Crippen molar-refractivity contribution < 1.29 is 9.90 Å². The summed E-state index contributed by atoms with van der Waals surface area (Å²) in [6, 6.07) is 17.6. The maximum Gasteiger partial charge on any atom is 0.303 e. The van der Waals surface area contributed by atoms with E-state index in [-0.39, 0.29) is 6.42 Å². The Bertz CT molecular complexity index is 672. The van der Waals surface area contributed by atoms with Gasteiger partial charge in [0, 0.05) is 19.5 Å². The standard InChI is InChI=1S/C23H33N2O2P/c1-24(2)16-13-19-5-9-21(10-6-19)28(18-15-23(26)27)22-11-7-20(8-12-22)14-17-25(3)4/h5-12H,13-18H2,1-4H3,(H,26,27). The zero-order valence-electron chi connectivity index (χ0n) is 17.6. The molecule has 0 amide bonds. The molecule has 2 aromatic carbocycles. The maximum atomic E-state index is 11.2. The molecule has 0 saturated heterocycles. The largest absolute Gasteiger partial charge is 0.481 e. The first-order chi connectivity index (χ1) is 13.3. The highest BCUT2D eigenvalue weighted by molar-refractivity contribution is 7.73. The highest BCUT2D eigenvalue weighted by Gasteiger charge is 2.15. The summed E-state index contributed by atoms with van der Waals surface area (Å²) in [6.45, 7) is 2.06. The summed E-state index contributed by atoms with van der Waals surface area (Å²) in [7, 11) is 7.69. The van der Waals surface area contributed by atoms with Gasteiger partial charge >= 0.3 is 5.97 Å². The van der Waals surface area contributed by atoms with Crippen molar-refractivity contribution in [1.29, 1.82) is 0 Å². The van der Waals surface area contributed by atoms with Gasteiger partial charge in [-0.25, -0.2) is 0 Å². The second-order valence-electron chi connectivity index (χ2n) is 7.73. The van der Waals surface area contributed by atoms with Crippen molar-refractivity contribution >= 4 is 24.5 Å². The first-order valence-electron chi connectivity index (χ1n) is 9.82. The molecule has 0 fully saturated rings. The highest BCUT2D eigenvalue weighted by Crippen LogP contribution is 2.34. The third kappa shape index (κ3) is 7.71. The maximum absolute atomic E-state index is 11.2. The molecule has 0 radical (unpaired) electrons. The summed E-state index contributed by atoms with van der Waals surface area (Å²) in [5.74, 6) is -0.724. The van der Waals surface area contributed by atoms with Crippen LogP contribution in [0.2, 0.25) is 0 Å². The van der Waals surface area contributed by atoms with Gasteiger partial charge in [-0.3, -0.25) is 4.79 Å². The van der Waals surface area contributed by atoms with Crippen LogP contribution in [-0.2, 0) is 17.6 Å². The van der Waals surface area contributed by atoms with Crippen LogP contribution in [0.5, 0.6) is 0 Å². The molecular weight excluding hydrogens is 367 g/mol. The monoisotopic (exact) mass is 400 g/mol. The minimum Gasteiger partial charge on any atom is -0.481 e. The number of likely N-dealkylation sites (N-methyl/N-ethyl adjacent to an activating group) is 2. The molecular formula is C23H33N2O2P. The molecule has 0 aliphatic heterocycles. The third-order valence-corrected chi connectivity index (χ3v) is 7.25. The van der Waals surface area contributed by atoms with Crippen LogP contribution in [0, 0.1) is 0 Å². The normalized spacial score (nSPS) is 11.5. The first-order valence-corrected chi connectivity index (χ1v) is 11.3. The molecule has 0 spiro atoms. The molecule has 2 rings (SSSR count). The first kappa shape index (κ1) is 22.5. The lowest BCUT2D eigenvalue weighted by Crippen LogP contribution is -2.18. The fraction of sp³-hybridized carbons (Fsp3) is 0.435. The Morgan fingerprint density at radius 2 is 1.18 bits per heavy atom. The Kier molecular flexibility index (Phi) is 9.11. The molecule has 0 aliphatic rings. The van der Waals surface area contributed by atoms with E-state index in [0.29, 0.717) is 6.16 Å². The molecule has 0 bridgehead atoms. The summed E-state index contributed by atoms with van der Waals surface area (Å²) >= 11 is 0. The van der Waals surface area contributed by atoms with E-state index in [1.807, 2.05) is 0 Å². The van der Waals surface area contributed by atoms with Crippen molar-refractivity contribution in [1.82, 2.24) is 9.80 Å². The number of rotatable bonds is 11. The van der Waals surface area contributed by atoms with Gasteiger partial charge in [0.1, 0.15) is 0 Å². The lowest BCUT2D eigenvalue weighted by molar-refractivity contribution is -0.136. The van der Waals surface area contributed by atoms with E-state index >= 15 is 0 Å². The minimum absolute atomic E-state index is 0.205. The average molecular weight is 401 g/mol. The lowest BCUT2D eigenvalue weighted by atomic mass is 10.1. The van der Waals surface area contributed by atoms with E-state index in [2.05, 4.69) is 86.5 Å². The highest BCUT2D eigenvalue weighted by atomic mass is 31.1. The van der Waals surface area contributed by atoms with E-state index < -0.39 is 13.9 Å². The quantitative estimate of drug-likeness (QED) is 0.589. The Morgan fingerprint density at radius 1 is 0.786 bits per heavy atom. The van der Waals surface area contributed by atoms with E-state index in [0.717, 1.165) is 25.9 Å². The number of hydrogen-bond acceptors (Lipinski definition) is 3. The third-order valence-electron chi connectivity index (χ3n) is 4.74. The Labute approximate surface area is 170 Å². The van der Waals surface area contributed by atoms with Gasteiger partial charge in [-0.15, -0.1) is 0 Å². The fourth-order valence-corrected chi connectivity index (χ4v) is 5.25. The van der Waals surface area contributed by atoms with E-state index in [9.17, 15) is 9.90 Å². The zero-order chi connectivity index (χ0) is 20.5. The number of carboxylic acid groups (broad SMARTS) is 1. The minimum atomic E-state index is -0.724. The molecule has 152 valence electrons. The van der Waals surface area contributed by atoms with Crippen LogP contribution in [-0.4, -0.2) is 68.3 Å². The summed E-state index contributed by atoms with van der Waals surface area (Å²) < 4.78 is 0. The number of benzene rings is 2. The smallest absolute Gasteiger partial charge is 0.303 e. The van der Waals surface area contributed by atoms with Gasteiger partial charge in [-0.2, -0.15) is 0 Å². The van der Waals surface area contributed by atoms with Crippen LogP contribution in [0.25, 0.3) is 0 Å². The molecule has 0 aromatic heterocycles. The molecule has 5 heteroatoms. The average Bonchev–Trinajstić information content (AvgIpc) is 2.66. The van der Waals surface area contributed by atoms with Crippen LogP contribution in [0.1, 0.15) is 17.5 Å². The zero-order valence-corrected chi connectivity index (χ0v) is 18.5. The predicted molar refractivity (Wildman–Crippen MR) is 121 cm³/mol. The number of nitrogens with zero attached hydrogens (tertiary/aromatic N) is 2. The lowest BCUT2D eigenvalue weighted by Gasteiger charge is -2.19. The molecule has 0 heterocycles. The number of carboxylic acids is 1. The van der Waals surface area contributed by atoms with Gasteiger partial charge in [0.05, 0.1) is 0 Å². The number of carbonyl (C=O) groups is 1. The second-order valence-corrected chi connectivity index (χ2v) is 10.1. The molecule has 0 saturated carbocycles. The Hall–Kier alpha value is -1.74. The van der Waals surface area contributed by atoms with E-state index in [1.165, 1.54) is 21.7 Å². The molecule has 0 unspecified atom stereocenters. The van der Waals surface area contributed by atoms with Gasteiger partial charge < -0.3 is 14.9 Å². The van der Waals surface area contributed by atoms with Crippen molar-refractivity contribution in [3.63, 3.8) is 0 Å². The number of aliphatic carboxylic acids is 1. The van der Waals surface area contributed by atoms with Crippen LogP contribution >= 0.6 is 7.92 Å². The van der Waals surface area contributed by atoms with Crippen molar-refractivity contribution in [3.8, 4) is 0 Å². The van der Waals surface area contributed by atoms with Crippen LogP contribution in [0.4, 0.5) is 0 Å². The van der Waals surface area contributed by atoms with Gasteiger partial charge in [-0.1, -0.05) is 48.5 Å². The second kappa shape index (κ2) is 11.3. The number of hydrogen-bond donors (Lipinski definition) is 1. The van der Waals surface area contributed by atoms with Crippen LogP contribution < -0.4 is 10.6 Å². The molecule has 1 N–H and O–H groups in total. The summed E-state index contributed by atoms with van der Waals surface area (Å²) in [5.41, 5.74) is 2.65. The van der Waals surface area contributed by atoms with Crippen molar-refractivity contribution in [3.05, 3.63) is 59.7 Å². The predicted octanol–water partition coefficient (Wildman–Crippen LogP) is 2.80. The molecule has 2 aromatic rings. The van der Waals surface area contributed by atoms with Crippen LogP contribution in [0.3, 0.4) is 0 Å². The summed E-state index contributed by atoms with van der Waals surface area (Å²) in [5, 5.41) is 11.7. The van der Waals surface area contributed by atoms with Gasteiger partial charge in [0.15, 0.2) is 0 Å². The molecule has 4 nitrogen and oxygen atoms in total. The SMILES string of the molecule is CN(C)CCc1ccc(P(CCC(=O)O)c2ccc(CCN(C)C)cc2)cc1.